The fourth-order valence-corrected chi connectivity index (χ4v) is 3.57. The third-order valence-electron chi connectivity index (χ3n) is 4.21. The highest BCUT2D eigenvalue weighted by atomic mass is 15.3. The first kappa shape index (κ1) is 15.3. The Kier molecular flexibility index (Phi) is 4.71. The molecule has 1 fully saturated rings. The third-order valence-corrected chi connectivity index (χ3v) is 4.21. The predicted octanol–water partition coefficient (Wildman–Crippen LogP) is 2.57. The van der Waals surface area contributed by atoms with Gasteiger partial charge in [-0.25, -0.2) is 0 Å². The zero-order valence-electron chi connectivity index (χ0n) is 13.3. The van der Waals surface area contributed by atoms with Crippen molar-refractivity contribution in [1.29, 1.82) is 0 Å². The zero-order chi connectivity index (χ0) is 14.8. The van der Waals surface area contributed by atoms with E-state index in [-0.39, 0.29) is 11.5 Å². The van der Waals surface area contributed by atoms with Gasteiger partial charge < -0.3 is 10.6 Å². The van der Waals surface area contributed by atoms with Gasteiger partial charge in [0, 0.05) is 44.0 Å². The van der Waals surface area contributed by atoms with E-state index in [2.05, 4.69) is 67.8 Å². The van der Waals surface area contributed by atoms with Crippen molar-refractivity contribution in [3.63, 3.8) is 0 Å². The molecule has 1 saturated heterocycles. The molecule has 0 bridgehead atoms. The van der Waals surface area contributed by atoms with Crippen molar-refractivity contribution >= 4 is 5.69 Å². The second-order valence-electron chi connectivity index (χ2n) is 7.03. The molecule has 0 radical (unpaired) electrons. The SMILES string of the molecule is CC(N)C(N1CCN(c2ccccc2)CC1)C(C)(C)C. The van der Waals surface area contributed by atoms with Gasteiger partial charge >= 0.3 is 0 Å². The summed E-state index contributed by atoms with van der Waals surface area (Å²) in [5.41, 5.74) is 7.80. The van der Waals surface area contributed by atoms with E-state index in [0.29, 0.717) is 6.04 Å². The largest absolute Gasteiger partial charge is 0.369 e. The first-order valence-electron chi connectivity index (χ1n) is 7.69. The van der Waals surface area contributed by atoms with Gasteiger partial charge in [0.05, 0.1) is 0 Å². The Morgan fingerprint density at radius 2 is 1.55 bits per heavy atom. The van der Waals surface area contributed by atoms with Crippen molar-refractivity contribution in [3.8, 4) is 0 Å². The van der Waals surface area contributed by atoms with Gasteiger partial charge in [0.25, 0.3) is 0 Å². The molecule has 112 valence electrons. The summed E-state index contributed by atoms with van der Waals surface area (Å²) in [6.07, 6.45) is 0. The molecule has 3 nitrogen and oxygen atoms in total. The standard InChI is InChI=1S/C17H29N3/c1-14(18)16(17(2,3)4)20-12-10-19(11-13-20)15-8-6-5-7-9-15/h5-9,14,16H,10-13,18H2,1-4H3. The predicted molar refractivity (Wildman–Crippen MR) is 87.1 cm³/mol. The Morgan fingerprint density at radius 3 is 2.00 bits per heavy atom. The lowest BCUT2D eigenvalue weighted by molar-refractivity contribution is 0.0766. The van der Waals surface area contributed by atoms with Crippen LogP contribution in [0.3, 0.4) is 0 Å². The van der Waals surface area contributed by atoms with Gasteiger partial charge in [0.1, 0.15) is 0 Å². The molecule has 1 aromatic carbocycles. The lowest BCUT2D eigenvalue weighted by Gasteiger charge is -2.46. The number of nitrogens with two attached hydrogens (primary N) is 1. The number of piperazine rings is 1. The minimum atomic E-state index is 0.207. The van der Waals surface area contributed by atoms with Crippen molar-refractivity contribution < 1.29 is 0 Å². The number of nitrogens with zero attached hydrogens (tertiary/aromatic N) is 2. The van der Waals surface area contributed by atoms with Crippen LogP contribution in [-0.2, 0) is 0 Å². The van der Waals surface area contributed by atoms with Crippen LogP contribution in [0.5, 0.6) is 0 Å². The average Bonchev–Trinajstić information content (AvgIpc) is 2.38. The maximum Gasteiger partial charge on any atom is 0.0367 e. The number of para-hydroxylation sites is 1. The van der Waals surface area contributed by atoms with E-state index < -0.39 is 0 Å². The first-order chi connectivity index (χ1) is 9.39. The summed E-state index contributed by atoms with van der Waals surface area (Å²) in [4.78, 5) is 5.04. The number of anilines is 1. The zero-order valence-corrected chi connectivity index (χ0v) is 13.3. The summed E-state index contributed by atoms with van der Waals surface area (Å²) in [5.74, 6) is 0. The smallest absolute Gasteiger partial charge is 0.0367 e. The molecule has 0 aliphatic carbocycles. The van der Waals surface area contributed by atoms with Crippen LogP contribution in [-0.4, -0.2) is 43.2 Å². The topological polar surface area (TPSA) is 32.5 Å². The van der Waals surface area contributed by atoms with E-state index in [4.69, 9.17) is 5.73 Å². The normalized spacial score (nSPS) is 20.8. The van der Waals surface area contributed by atoms with Gasteiger partial charge in [-0.05, 0) is 24.5 Å². The van der Waals surface area contributed by atoms with Gasteiger partial charge in [-0.1, -0.05) is 39.0 Å². The van der Waals surface area contributed by atoms with E-state index in [1.165, 1.54) is 5.69 Å². The Morgan fingerprint density at radius 1 is 1.00 bits per heavy atom. The number of hydrogen-bond donors (Lipinski definition) is 1. The maximum atomic E-state index is 6.24. The van der Waals surface area contributed by atoms with Crippen molar-refractivity contribution in [2.45, 2.75) is 39.8 Å². The van der Waals surface area contributed by atoms with Gasteiger partial charge in [-0.2, -0.15) is 0 Å². The molecule has 1 aliphatic rings. The summed E-state index contributed by atoms with van der Waals surface area (Å²) in [7, 11) is 0. The molecule has 1 aromatic rings. The molecule has 2 unspecified atom stereocenters. The van der Waals surface area contributed by atoms with Crippen molar-refractivity contribution in [3.05, 3.63) is 30.3 Å². The molecule has 20 heavy (non-hydrogen) atoms. The van der Waals surface area contributed by atoms with E-state index in [0.717, 1.165) is 26.2 Å². The quantitative estimate of drug-likeness (QED) is 0.920. The first-order valence-corrected chi connectivity index (χ1v) is 7.69. The highest BCUT2D eigenvalue weighted by Crippen LogP contribution is 2.28. The Bertz CT molecular complexity index is 400. The summed E-state index contributed by atoms with van der Waals surface area (Å²) in [5, 5.41) is 0. The second-order valence-corrected chi connectivity index (χ2v) is 7.03. The van der Waals surface area contributed by atoms with Crippen LogP contribution in [0.1, 0.15) is 27.7 Å². The van der Waals surface area contributed by atoms with Gasteiger partial charge in [0.15, 0.2) is 0 Å². The molecular formula is C17H29N3. The number of hydrogen-bond acceptors (Lipinski definition) is 3. The van der Waals surface area contributed by atoms with Crippen LogP contribution >= 0.6 is 0 Å². The molecule has 0 amide bonds. The summed E-state index contributed by atoms with van der Waals surface area (Å²) >= 11 is 0. The fourth-order valence-electron chi connectivity index (χ4n) is 3.57. The second kappa shape index (κ2) is 6.15. The average molecular weight is 275 g/mol. The van der Waals surface area contributed by atoms with Crippen LogP contribution in [0.25, 0.3) is 0 Å². The third kappa shape index (κ3) is 3.53. The molecule has 3 heteroatoms. The Hall–Kier alpha value is -1.06. The highest BCUT2D eigenvalue weighted by Gasteiger charge is 2.34. The summed E-state index contributed by atoms with van der Waals surface area (Å²) in [6, 6.07) is 11.3. The van der Waals surface area contributed by atoms with Crippen molar-refractivity contribution in [1.82, 2.24) is 4.90 Å². The van der Waals surface area contributed by atoms with Gasteiger partial charge in [-0.15, -0.1) is 0 Å². The maximum absolute atomic E-state index is 6.24. The van der Waals surface area contributed by atoms with Crippen LogP contribution in [0.2, 0.25) is 0 Å². The minimum Gasteiger partial charge on any atom is -0.369 e. The molecule has 1 aliphatic heterocycles. The van der Waals surface area contributed by atoms with Gasteiger partial charge in [0.2, 0.25) is 0 Å². The van der Waals surface area contributed by atoms with E-state index in [9.17, 15) is 0 Å². The highest BCUT2D eigenvalue weighted by molar-refractivity contribution is 5.46. The van der Waals surface area contributed by atoms with E-state index in [1.54, 1.807) is 0 Å². The van der Waals surface area contributed by atoms with Crippen molar-refractivity contribution in [2.75, 3.05) is 31.1 Å². The molecule has 0 spiro atoms. The number of benzene rings is 1. The monoisotopic (exact) mass is 275 g/mol. The molecule has 2 atom stereocenters. The van der Waals surface area contributed by atoms with E-state index >= 15 is 0 Å². The van der Waals surface area contributed by atoms with E-state index in [1.807, 2.05) is 0 Å². The molecule has 2 rings (SSSR count). The lowest BCUT2D eigenvalue weighted by atomic mass is 9.81. The molecule has 2 N–H and O–H groups in total. The van der Waals surface area contributed by atoms with Gasteiger partial charge in [-0.3, -0.25) is 4.90 Å². The van der Waals surface area contributed by atoms with Crippen LogP contribution < -0.4 is 10.6 Å². The number of rotatable bonds is 3. The fraction of sp³-hybridized carbons (Fsp3) is 0.647. The van der Waals surface area contributed by atoms with Crippen LogP contribution in [0.4, 0.5) is 5.69 Å². The Labute approximate surface area is 123 Å². The summed E-state index contributed by atoms with van der Waals surface area (Å²) in [6.45, 7) is 13.4. The molecular weight excluding hydrogens is 246 g/mol. The van der Waals surface area contributed by atoms with Crippen LogP contribution in [0, 0.1) is 5.41 Å². The van der Waals surface area contributed by atoms with Crippen molar-refractivity contribution in [2.24, 2.45) is 11.1 Å². The van der Waals surface area contributed by atoms with Crippen LogP contribution in [0.15, 0.2) is 30.3 Å². The summed E-state index contributed by atoms with van der Waals surface area (Å²) < 4.78 is 0. The molecule has 0 aromatic heterocycles. The lowest BCUT2D eigenvalue weighted by Crippen LogP contribution is -2.59. The minimum absolute atomic E-state index is 0.207. The molecule has 1 heterocycles. The molecule has 0 saturated carbocycles. The Balaban J connectivity index is 2.00.